The highest BCUT2D eigenvalue weighted by Gasteiger charge is 2.32. The van der Waals surface area contributed by atoms with Crippen molar-refractivity contribution in [3.8, 4) is 6.07 Å². The minimum absolute atomic E-state index is 0.0545. The van der Waals surface area contributed by atoms with E-state index in [1.54, 1.807) is 0 Å². The van der Waals surface area contributed by atoms with Crippen LogP contribution >= 0.6 is 11.8 Å². The maximum absolute atomic E-state index is 11.3. The van der Waals surface area contributed by atoms with Crippen molar-refractivity contribution < 1.29 is 24.6 Å². The van der Waals surface area contributed by atoms with E-state index in [9.17, 15) is 14.4 Å². The zero-order chi connectivity index (χ0) is 12.3. The van der Waals surface area contributed by atoms with Crippen molar-refractivity contribution in [2.45, 2.75) is 0 Å². The van der Waals surface area contributed by atoms with E-state index in [1.165, 1.54) is 6.07 Å². The average Bonchev–Trinajstić information content (AvgIpc) is 2.50. The summed E-state index contributed by atoms with van der Waals surface area (Å²) in [4.78, 5) is 33.2. The average molecular weight is 242 g/mol. The number of amides is 1. The lowest BCUT2D eigenvalue weighted by molar-refractivity contribution is -0.141. The van der Waals surface area contributed by atoms with Gasteiger partial charge >= 0.3 is 11.9 Å². The van der Waals surface area contributed by atoms with Gasteiger partial charge in [0.25, 0.3) is 0 Å². The molecule has 1 saturated heterocycles. The topological polar surface area (TPSA) is 119 Å². The Hall–Kier alpha value is -2.01. The van der Waals surface area contributed by atoms with Crippen LogP contribution in [0.3, 0.4) is 0 Å². The molecule has 0 bridgehead atoms. The fraction of sp³-hybridized carbons (Fsp3) is 0.250. The normalized spacial score (nSPS) is 18.2. The maximum Gasteiger partial charge on any atom is 0.349 e. The van der Waals surface area contributed by atoms with Crippen LogP contribution in [-0.4, -0.2) is 45.3 Å². The molecule has 1 aliphatic rings. The Bertz CT molecular complexity index is 436. The van der Waals surface area contributed by atoms with Crippen LogP contribution in [0, 0.1) is 11.3 Å². The number of carboxylic acids is 2. The van der Waals surface area contributed by atoms with E-state index < -0.39 is 30.0 Å². The molecule has 1 fully saturated rings. The van der Waals surface area contributed by atoms with Gasteiger partial charge in [-0.05, 0) is 0 Å². The predicted octanol–water partition coefficient (Wildman–Crippen LogP) is -0.534. The molecule has 0 aliphatic carbocycles. The number of thioether (sulfide) groups is 1. The van der Waals surface area contributed by atoms with Crippen molar-refractivity contribution in [2.75, 3.05) is 12.3 Å². The van der Waals surface area contributed by atoms with Crippen LogP contribution in [0.15, 0.2) is 10.6 Å². The van der Waals surface area contributed by atoms with Gasteiger partial charge in [0, 0.05) is 0 Å². The number of carboxylic acid groups (broad SMARTS) is 2. The second-order valence-corrected chi connectivity index (χ2v) is 3.72. The molecule has 7 nitrogen and oxygen atoms in total. The Balaban J connectivity index is 3.13. The Kier molecular flexibility index (Phi) is 3.52. The molecule has 1 heterocycles. The summed E-state index contributed by atoms with van der Waals surface area (Å²) < 4.78 is 0. The SMILES string of the molecule is N#CC(C(=O)O)=C1SCC(=O)N1CC(=O)O. The molecule has 84 valence electrons. The maximum atomic E-state index is 11.3. The molecule has 2 N–H and O–H groups in total. The first-order valence-electron chi connectivity index (χ1n) is 4.00. The van der Waals surface area contributed by atoms with E-state index in [0.29, 0.717) is 0 Å². The molecule has 1 aliphatic heterocycles. The van der Waals surface area contributed by atoms with Gasteiger partial charge in [-0.25, -0.2) is 4.79 Å². The highest BCUT2D eigenvalue weighted by atomic mass is 32.2. The first kappa shape index (κ1) is 12.1. The van der Waals surface area contributed by atoms with Crippen LogP contribution in [0.4, 0.5) is 0 Å². The molecular formula is C8H6N2O5S. The van der Waals surface area contributed by atoms with Gasteiger partial charge in [-0.3, -0.25) is 14.5 Å². The van der Waals surface area contributed by atoms with Crippen LogP contribution in [0.1, 0.15) is 0 Å². The number of nitrogens with zero attached hydrogens (tertiary/aromatic N) is 2. The van der Waals surface area contributed by atoms with Gasteiger partial charge in [0.05, 0.1) is 5.75 Å². The molecule has 0 spiro atoms. The number of hydrogen-bond donors (Lipinski definition) is 2. The van der Waals surface area contributed by atoms with Gasteiger partial charge in [-0.2, -0.15) is 5.26 Å². The summed E-state index contributed by atoms with van der Waals surface area (Å²) in [6.07, 6.45) is 0. The third-order valence-electron chi connectivity index (χ3n) is 1.71. The molecule has 0 aromatic carbocycles. The Labute approximate surface area is 93.9 Å². The van der Waals surface area contributed by atoms with Crippen molar-refractivity contribution in [1.29, 1.82) is 5.26 Å². The third-order valence-corrected chi connectivity index (χ3v) is 2.80. The number of carbonyl (C=O) groups excluding carboxylic acids is 1. The zero-order valence-electron chi connectivity index (χ0n) is 7.84. The summed E-state index contributed by atoms with van der Waals surface area (Å²) in [6.45, 7) is -0.639. The van der Waals surface area contributed by atoms with E-state index in [0.717, 1.165) is 16.7 Å². The summed E-state index contributed by atoms with van der Waals surface area (Å²) in [5.41, 5.74) is -0.614. The van der Waals surface area contributed by atoms with E-state index in [1.807, 2.05) is 0 Å². The number of carbonyl (C=O) groups is 3. The van der Waals surface area contributed by atoms with Crippen molar-refractivity contribution in [1.82, 2.24) is 4.90 Å². The van der Waals surface area contributed by atoms with E-state index in [2.05, 4.69) is 0 Å². The standard InChI is InChI=1S/C8H6N2O5S/c9-1-4(8(14)15)7-10(2-6(12)13)5(11)3-16-7/h2-3H2,(H,12,13)(H,14,15). The summed E-state index contributed by atoms with van der Waals surface area (Å²) in [5.74, 6) is -3.32. The van der Waals surface area contributed by atoms with Gasteiger partial charge < -0.3 is 10.2 Å². The summed E-state index contributed by atoms with van der Waals surface area (Å²) in [7, 11) is 0. The zero-order valence-corrected chi connectivity index (χ0v) is 8.65. The second kappa shape index (κ2) is 4.67. The van der Waals surface area contributed by atoms with E-state index in [-0.39, 0.29) is 10.8 Å². The largest absolute Gasteiger partial charge is 0.480 e. The first-order valence-corrected chi connectivity index (χ1v) is 4.98. The van der Waals surface area contributed by atoms with E-state index >= 15 is 0 Å². The number of rotatable bonds is 3. The molecule has 0 unspecified atom stereocenters. The van der Waals surface area contributed by atoms with Gasteiger partial charge in [0.1, 0.15) is 17.6 Å². The Morgan fingerprint density at radius 3 is 2.56 bits per heavy atom. The first-order chi connectivity index (χ1) is 7.47. The van der Waals surface area contributed by atoms with Gasteiger partial charge in [0.15, 0.2) is 5.57 Å². The molecule has 8 heteroatoms. The molecule has 1 rings (SSSR count). The van der Waals surface area contributed by atoms with Crippen molar-refractivity contribution in [3.05, 3.63) is 10.6 Å². The number of aliphatic carboxylic acids is 2. The van der Waals surface area contributed by atoms with Crippen LogP contribution < -0.4 is 0 Å². The molecule has 0 saturated carbocycles. The minimum atomic E-state index is -1.48. The minimum Gasteiger partial charge on any atom is -0.480 e. The molecule has 0 aromatic heterocycles. The lowest BCUT2D eigenvalue weighted by Crippen LogP contribution is -2.31. The highest BCUT2D eigenvalue weighted by molar-refractivity contribution is 8.04. The van der Waals surface area contributed by atoms with Crippen molar-refractivity contribution in [3.63, 3.8) is 0 Å². The van der Waals surface area contributed by atoms with Crippen LogP contribution in [0.2, 0.25) is 0 Å². The van der Waals surface area contributed by atoms with Crippen LogP contribution in [0.25, 0.3) is 0 Å². The molecule has 1 amide bonds. The molecule has 16 heavy (non-hydrogen) atoms. The summed E-state index contributed by atoms with van der Waals surface area (Å²) >= 11 is 0.851. The van der Waals surface area contributed by atoms with Crippen LogP contribution in [0.5, 0.6) is 0 Å². The lowest BCUT2D eigenvalue weighted by Gasteiger charge is -2.14. The monoisotopic (exact) mass is 242 g/mol. The predicted molar refractivity (Wildman–Crippen MR) is 52.1 cm³/mol. The van der Waals surface area contributed by atoms with Crippen LogP contribution in [-0.2, 0) is 14.4 Å². The Morgan fingerprint density at radius 2 is 2.12 bits per heavy atom. The smallest absolute Gasteiger partial charge is 0.349 e. The number of hydrogen-bond acceptors (Lipinski definition) is 5. The Morgan fingerprint density at radius 1 is 1.50 bits per heavy atom. The molecular weight excluding hydrogens is 236 g/mol. The third kappa shape index (κ3) is 2.32. The lowest BCUT2D eigenvalue weighted by atomic mass is 10.3. The van der Waals surface area contributed by atoms with Crippen molar-refractivity contribution >= 4 is 29.6 Å². The highest BCUT2D eigenvalue weighted by Crippen LogP contribution is 2.31. The van der Waals surface area contributed by atoms with Crippen molar-refractivity contribution in [2.24, 2.45) is 0 Å². The quantitative estimate of drug-likeness (QED) is 0.504. The summed E-state index contributed by atoms with van der Waals surface area (Å²) in [5, 5.41) is 25.7. The molecule has 0 aromatic rings. The van der Waals surface area contributed by atoms with Gasteiger partial charge in [0.2, 0.25) is 5.91 Å². The number of nitriles is 1. The molecule has 0 radical (unpaired) electrons. The van der Waals surface area contributed by atoms with Gasteiger partial charge in [-0.1, -0.05) is 11.8 Å². The molecule has 0 atom stereocenters. The van der Waals surface area contributed by atoms with E-state index in [4.69, 9.17) is 15.5 Å². The fourth-order valence-electron chi connectivity index (χ4n) is 1.09. The summed E-state index contributed by atoms with van der Waals surface area (Å²) in [6, 6.07) is 1.44. The fourth-order valence-corrected chi connectivity index (χ4v) is 2.10. The van der Waals surface area contributed by atoms with Gasteiger partial charge in [-0.15, -0.1) is 0 Å². The second-order valence-electron chi connectivity index (χ2n) is 2.76.